The Morgan fingerprint density at radius 2 is 2.20 bits per heavy atom. The molecule has 0 saturated carbocycles. The molecule has 1 aliphatic rings. The largest absolute Gasteiger partial charge is 0.467 e. The summed E-state index contributed by atoms with van der Waals surface area (Å²) in [5.41, 5.74) is 0.160. The van der Waals surface area contributed by atoms with E-state index in [4.69, 9.17) is 0 Å². The van der Waals surface area contributed by atoms with Crippen LogP contribution in [-0.4, -0.2) is 52.7 Å². The maximum Gasteiger partial charge on any atom is 0.328 e. The van der Waals surface area contributed by atoms with E-state index in [0.717, 1.165) is 0 Å². The number of pyridine rings is 1. The molecule has 0 aliphatic carbocycles. The number of nitrogens with one attached hydrogen (secondary N) is 1. The summed E-state index contributed by atoms with van der Waals surface area (Å²) in [6.07, 6.45) is 0.633. The molecule has 0 bridgehead atoms. The number of hydrogen-bond acceptors (Lipinski definition) is 5. The molecule has 0 aromatic carbocycles. The number of hydrogen-bond donors (Lipinski definition) is 2. The van der Waals surface area contributed by atoms with Crippen molar-refractivity contribution >= 4 is 11.9 Å². The Balaban J connectivity index is 2.31. The molecule has 108 valence electrons. The van der Waals surface area contributed by atoms with E-state index < -0.39 is 29.5 Å². The van der Waals surface area contributed by atoms with Gasteiger partial charge in [-0.2, -0.15) is 0 Å². The molecule has 1 amide bonds. The normalized spacial score (nSPS) is 21.9. The molecule has 1 aromatic heterocycles. The van der Waals surface area contributed by atoms with Gasteiger partial charge in [0.15, 0.2) is 5.43 Å². The SMILES string of the molecule is COC(=O)C1CC(O)CN1C(=O)c1c[nH]c(C)cc1=O. The van der Waals surface area contributed by atoms with Gasteiger partial charge in [-0.1, -0.05) is 0 Å². The molecular formula is C13H16N2O5. The zero-order chi connectivity index (χ0) is 14.9. The molecule has 7 heteroatoms. The van der Waals surface area contributed by atoms with E-state index >= 15 is 0 Å². The second-order valence-electron chi connectivity index (χ2n) is 4.78. The zero-order valence-corrected chi connectivity index (χ0v) is 11.3. The fourth-order valence-corrected chi connectivity index (χ4v) is 2.29. The van der Waals surface area contributed by atoms with Crippen molar-refractivity contribution in [1.29, 1.82) is 0 Å². The summed E-state index contributed by atoms with van der Waals surface area (Å²) in [5, 5.41) is 9.64. The molecule has 1 aromatic rings. The number of aryl methyl sites for hydroxylation is 1. The lowest BCUT2D eigenvalue weighted by Gasteiger charge is -2.22. The summed E-state index contributed by atoms with van der Waals surface area (Å²) < 4.78 is 4.62. The Labute approximate surface area is 115 Å². The van der Waals surface area contributed by atoms with Crippen LogP contribution in [0.15, 0.2) is 17.1 Å². The number of carbonyl (C=O) groups excluding carboxylic acids is 2. The number of aliphatic hydroxyl groups excluding tert-OH is 1. The van der Waals surface area contributed by atoms with Gasteiger partial charge in [-0.3, -0.25) is 9.59 Å². The Bertz CT molecular complexity index is 595. The van der Waals surface area contributed by atoms with Crippen LogP contribution in [0.5, 0.6) is 0 Å². The van der Waals surface area contributed by atoms with E-state index in [-0.39, 0.29) is 18.5 Å². The number of rotatable bonds is 2. The molecule has 7 nitrogen and oxygen atoms in total. The highest BCUT2D eigenvalue weighted by molar-refractivity contribution is 5.97. The summed E-state index contributed by atoms with van der Waals surface area (Å²) in [6, 6.07) is 0.454. The summed E-state index contributed by atoms with van der Waals surface area (Å²) >= 11 is 0. The van der Waals surface area contributed by atoms with Gasteiger partial charge in [-0.05, 0) is 6.92 Å². The van der Waals surface area contributed by atoms with Gasteiger partial charge in [0.1, 0.15) is 11.6 Å². The maximum atomic E-state index is 12.3. The number of aliphatic hydroxyl groups is 1. The number of nitrogens with zero attached hydrogens (tertiary/aromatic N) is 1. The van der Waals surface area contributed by atoms with Gasteiger partial charge in [0.25, 0.3) is 5.91 Å². The third kappa shape index (κ3) is 2.57. The van der Waals surface area contributed by atoms with Gasteiger partial charge in [0.2, 0.25) is 0 Å². The highest BCUT2D eigenvalue weighted by atomic mass is 16.5. The van der Waals surface area contributed by atoms with E-state index in [9.17, 15) is 19.5 Å². The quantitative estimate of drug-likeness (QED) is 0.707. The van der Waals surface area contributed by atoms with Gasteiger partial charge in [-0.25, -0.2) is 4.79 Å². The van der Waals surface area contributed by atoms with Crippen LogP contribution in [0.25, 0.3) is 0 Å². The number of ether oxygens (including phenoxy) is 1. The van der Waals surface area contributed by atoms with Crippen molar-refractivity contribution in [2.75, 3.05) is 13.7 Å². The second-order valence-corrected chi connectivity index (χ2v) is 4.78. The number of esters is 1. The first kappa shape index (κ1) is 14.3. The third-order valence-electron chi connectivity index (χ3n) is 3.30. The smallest absolute Gasteiger partial charge is 0.328 e. The maximum absolute atomic E-state index is 12.3. The van der Waals surface area contributed by atoms with Gasteiger partial charge in [0.05, 0.1) is 13.2 Å². The second kappa shape index (κ2) is 5.46. The van der Waals surface area contributed by atoms with Gasteiger partial charge >= 0.3 is 5.97 Å². The lowest BCUT2D eigenvalue weighted by Crippen LogP contribution is -2.42. The summed E-state index contributed by atoms with van der Waals surface area (Å²) in [6.45, 7) is 1.71. The van der Waals surface area contributed by atoms with Crippen molar-refractivity contribution in [1.82, 2.24) is 9.88 Å². The van der Waals surface area contributed by atoms with Crippen LogP contribution >= 0.6 is 0 Å². The van der Waals surface area contributed by atoms with E-state index in [0.29, 0.717) is 5.69 Å². The number of likely N-dealkylation sites (tertiary alicyclic amines) is 1. The number of aromatic nitrogens is 1. The predicted molar refractivity (Wildman–Crippen MR) is 69.3 cm³/mol. The molecule has 20 heavy (non-hydrogen) atoms. The van der Waals surface area contributed by atoms with Crippen LogP contribution in [-0.2, 0) is 9.53 Å². The van der Waals surface area contributed by atoms with E-state index in [1.54, 1.807) is 6.92 Å². The molecule has 2 atom stereocenters. The van der Waals surface area contributed by atoms with Crippen molar-refractivity contribution in [3.8, 4) is 0 Å². The molecule has 1 fully saturated rings. The monoisotopic (exact) mass is 280 g/mol. The minimum absolute atomic E-state index is 0.00587. The number of amides is 1. The number of β-amino-alcohol motifs (C(OH)–C–C–N with tert-alkyl or cyclic N) is 1. The van der Waals surface area contributed by atoms with Gasteiger partial charge in [-0.15, -0.1) is 0 Å². The molecule has 1 aliphatic heterocycles. The van der Waals surface area contributed by atoms with Crippen LogP contribution in [0.1, 0.15) is 22.5 Å². The number of aromatic amines is 1. The highest BCUT2D eigenvalue weighted by Crippen LogP contribution is 2.20. The van der Waals surface area contributed by atoms with Crippen molar-refractivity contribution in [2.24, 2.45) is 0 Å². The Morgan fingerprint density at radius 3 is 2.80 bits per heavy atom. The first-order valence-electron chi connectivity index (χ1n) is 6.20. The average Bonchev–Trinajstić information content (AvgIpc) is 2.79. The minimum atomic E-state index is -0.858. The van der Waals surface area contributed by atoms with Crippen molar-refractivity contribution in [3.05, 3.63) is 33.7 Å². The van der Waals surface area contributed by atoms with Crippen LogP contribution in [0, 0.1) is 6.92 Å². The van der Waals surface area contributed by atoms with Crippen LogP contribution in [0.4, 0.5) is 0 Å². The lowest BCUT2D eigenvalue weighted by molar-refractivity contribution is -0.145. The van der Waals surface area contributed by atoms with Crippen LogP contribution < -0.4 is 5.43 Å². The molecule has 2 heterocycles. The molecule has 2 unspecified atom stereocenters. The molecule has 2 rings (SSSR count). The van der Waals surface area contributed by atoms with Crippen molar-refractivity contribution < 1.29 is 19.4 Å². The van der Waals surface area contributed by atoms with E-state index in [1.807, 2.05) is 0 Å². The van der Waals surface area contributed by atoms with Gasteiger partial charge in [0, 0.05) is 30.9 Å². The van der Waals surface area contributed by atoms with Crippen molar-refractivity contribution in [2.45, 2.75) is 25.5 Å². The first-order chi connectivity index (χ1) is 9.43. The molecule has 2 N–H and O–H groups in total. The molecular weight excluding hydrogens is 264 g/mol. The summed E-state index contributed by atoms with van der Waals surface area (Å²) in [5.74, 6) is -1.18. The van der Waals surface area contributed by atoms with Crippen LogP contribution in [0.3, 0.4) is 0 Å². The fourth-order valence-electron chi connectivity index (χ4n) is 2.29. The number of H-pyrrole nitrogens is 1. The lowest BCUT2D eigenvalue weighted by atomic mass is 10.2. The standard InChI is InChI=1S/C13H16N2O5/c1-7-3-11(17)9(5-14-7)12(18)15-6-8(16)4-10(15)13(19)20-2/h3,5,8,10,16H,4,6H2,1-2H3,(H,14,17). The average molecular weight is 280 g/mol. The number of methoxy groups -OCH3 is 1. The Hall–Kier alpha value is -2.15. The minimum Gasteiger partial charge on any atom is -0.467 e. The van der Waals surface area contributed by atoms with E-state index in [1.165, 1.54) is 24.3 Å². The molecule has 0 spiro atoms. The summed E-state index contributed by atoms with van der Waals surface area (Å²) in [4.78, 5) is 39.8. The summed E-state index contributed by atoms with van der Waals surface area (Å²) in [7, 11) is 1.22. The van der Waals surface area contributed by atoms with E-state index in [2.05, 4.69) is 9.72 Å². The Kier molecular flexibility index (Phi) is 3.89. The third-order valence-corrected chi connectivity index (χ3v) is 3.30. The molecule has 0 radical (unpaired) electrons. The van der Waals surface area contributed by atoms with Crippen LogP contribution in [0.2, 0.25) is 0 Å². The topological polar surface area (TPSA) is 99.7 Å². The predicted octanol–water partition coefficient (Wildman–Crippen LogP) is -0.568. The number of carbonyl (C=O) groups is 2. The molecule has 1 saturated heterocycles. The first-order valence-corrected chi connectivity index (χ1v) is 6.20. The van der Waals surface area contributed by atoms with Crippen molar-refractivity contribution in [3.63, 3.8) is 0 Å². The Morgan fingerprint density at radius 1 is 1.50 bits per heavy atom. The fraction of sp³-hybridized carbons (Fsp3) is 0.462. The highest BCUT2D eigenvalue weighted by Gasteiger charge is 2.40. The van der Waals surface area contributed by atoms with Gasteiger partial charge < -0.3 is 19.7 Å². The zero-order valence-electron chi connectivity index (χ0n) is 11.3.